The Kier molecular flexibility index (Phi) is 6.84. The number of halogens is 1. The molecule has 2 aliphatic rings. The van der Waals surface area contributed by atoms with Crippen LogP contribution in [0.1, 0.15) is 33.1 Å². The van der Waals surface area contributed by atoms with Crippen molar-refractivity contribution in [3.8, 4) is 5.69 Å². The molecule has 32 heavy (non-hydrogen) atoms. The molecule has 2 aromatic heterocycles. The van der Waals surface area contributed by atoms with Crippen LogP contribution in [-0.4, -0.2) is 69.1 Å². The van der Waals surface area contributed by atoms with E-state index >= 15 is 0 Å². The lowest BCUT2D eigenvalue weighted by Gasteiger charge is -2.32. The summed E-state index contributed by atoms with van der Waals surface area (Å²) in [5.41, 5.74) is 4.53. The van der Waals surface area contributed by atoms with Gasteiger partial charge in [-0.25, -0.2) is 23.8 Å². The summed E-state index contributed by atoms with van der Waals surface area (Å²) in [6, 6.07) is 1.40. The van der Waals surface area contributed by atoms with Crippen LogP contribution in [0.4, 0.5) is 15.0 Å². The summed E-state index contributed by atoms with van der Waals surface area (Å²) in [6.07, 6.45) is 8.26. The average Bonchev–Trinajstić information content (AvgIpc) is 3.33. The Morgan fingerprint density at radius 3 is 2.72 bits per heavy atom. The molecule has 0 aliphatic carbocycles. The number of hydrogen-bond donors (Lipinski definition) is 1. The Balaban J connectivity index is 1.24. The zero-order chi connectivity index (χ0) is 22.5. The zero-order valence-corrected chi connectivity index (χ0v) is 18.3. The van der Waals surface area contributed by atoms with E-state index in [0.29, 0.717) is 44.1 Å². The van der Waals surface area contributed by atoms with Crippen LogP contribution in [0.3, 0.4) is 0 Å². The van der Waals surface area contributed by atoms with Crippen molar-refractivity contribution in [2.75, 3.05) is 31.1 Å². The molecule has 2 aliphatic heterocycles. The molecule has 11 heteroatoms. The maximum absolute atomic E-state index is 14.6. The van der Waals surface area contributed by atoms with Crippen LogP contribution < -0.4 is 10.4 Å². The fraction of sp³-hybridized carbons (Fsp3) is 0.524. The molecular weight excluding hydrogens is 417 g/mol. The van der Waals surface area contributed by atoms with Gasteiger partial charge in [-0.15, -0.1) is 0 Å². The lowest BCUT2D eigenvalue weighted by Crippen LogP contribution is -2.43. The van der Waals surface area contributed by atoms with E-state index in [4.69, 9.17) is 9.57 Å². The number of nitrogens with one attached hydrogen (secondary N) is 1. The first kappa shape index (κ1) is 22.0. The number of nitrogens with zero attached hydrogens (tertiary/aromatic N) is 6. The fourth-order valence-electron chi connectivity index (χ4n) is 3.67. The first-order valence-corrected chi connectivity index (χ1v) is 10.8. The number of likely N-dealkylation sites (tertiary alicyclic amines) is 1. The number of piperidine rings is 1. The summed E-state index contributed by atoms with van der Waals surface area (Å²) < 4.78 is 21.3. The van der Waals surface area contributed by atoms with Crippen LogP contribution in [0, 0.1) is 5.82 Å². The number of hydrogen-bond acceptors (Lipinski definition) is 8. The van der Waals surface area contributed by atoms with E-state index in [1.807, 2.05) is 24.8 Å². The average molecular weight is 445 g/mol. The molecular formula is C21H28FN7O3. The topological polar surface area (TPSA) is 97.6 Å². The highest BCUT2D eigenvalue weighted by Gasteiger charge is 2.25. The van der Waals surface area contributed by atoms with Crippen molar-refractivity contribution in [3.63, 3.8) is 0 Å². The van der Waals surface area contributed by atoms with Crippen molar-refractivity contribution in [3.05, 3.63) is 42.5 Å². The smallest absolute Gasteiger partial charge is 0.410 e. The van der Waals surface area contributed by atoms with E-state index in [1.165, 1.54) is 23.4 Å². The van der Waals surface area contributed by atoms with Gasteiger partial charge in [0.1, 0.15) is 12.7 Å². The van der Waals surface area contributed by atoms with E-state index in [0.717, 1.165) is 18.5 Å². The highest BCUT2D eigenvalue weighted by atomic mass is 19.1. The van der Waals surface area contributed by atoms with E-state index in [9.17, 15) is 9.18 Å². The van der Waals surface area contributed by atoms with Gasteiger partial charge in [-0.1, -0.05) is 0 Å². The highest BCUT2D eigenvalue weighted by Crippen LogP contribution is 2.22. The Labute approximate surface area is 186 Å². The predicted octanol–water partition coefficient (Wildman–Crippen LogP) is 2.43. The van der Waals surface area contributed by atoms with Crippen molar-refractivity contribution in [1.29, 1.82) is 0 Å². The van der Waals surface area contributed by atoms with Crippen LogP contribution in [-0.2, 0) is 9.57 Å². The van der Waals surface area contributed by atoms with Crippen molar-refractivity contribution < 1.29 is 18.8 Å². The van der Waals surface area contributed by atoms with Gasteiger partial charge in [0.25, 0.3) is 0 Å². The SMILES string of the molecule is CC(C)OC(=O)N1CCC(ONC2=CCN(c3ncc(-n4cncn4)cc3F)CC2)CC1. The first-order valence-electron chi connectivity index (χ1n) is 10.8. The molecule has 0 bridgehead atoms. The fourth-order valence-corrected chi connectivity index (χ4v) is 3.67. The quantitative estimate of drug-likeness (QED) is 0.677. The Morgan fingerprint density at radius 1 is 1.28 bits per heavy atom. The molecule has 1 fully saturated rings. The van der Waals surface area contributed by atoms with Crippen LogP contribution in [0.2, 0.25) is 0 Å². The normalized spacial score (nSPS) is 17.4. The van der Waals surface area contributed by atoms with Crippen molar-refractivity contribution in [2.24, 2.45) is 0 Å². The van der Waals surface area contributed by atoms with Crippen LogP contribution in [0.5, 0.6) is 0 Å². The van der Waals surface area contributed by atoms with Gasteiger partial charge in [0.05, 0.1) is 24.1 Å². The second-order valence-electron chi connectivity index (χ2n) is 8.10. The molecule has 1 amide bonds. The van der Waals surface area contributed by atoms with Gasteiger partial charge in [-0.2, -0.15) is 5.10 Å². The minimum absolute atomic E-state index is 0.0282. The van der Waals surface area contributed by atoms with Gasteiger partial charge >= 0.3 is 6.09 Å². The summed E-state index contributed by atoms with van der Waals surface area (Å²) >= 11 is 0. The molecule has 0 saturated carbocycles. The number of aromatic nitrogens is 4. The van der Waals surface area contributed by atoms with Crippen LogP contribution >= 0.6 is 0 Å². The molecule has 0 spiro atoms. The van der Waals surface area contributed by atoms with Crippen molar-refractivity contribution in [2.45, 2.75) is 45.3 Å². The van der Waals surface area contributed by atoms with Crippen LogP contribution in [0.15, 0.2) is 36.7 Å². The van der Waals surface area contributed by atoms with E-state index in [2.05, 4.69) is 20.5 Å². The van der Waals surface area contributed by atoms with Gasteiger partial charge in [0, 0.05) is 44.4 Å². The van der Waals surface area contributed by atoms with Crippen LogP contribution in [0.25, 0.3) is 5.69 Å². The molecule has 0 atom stereocenters. The Hall–Kier alpha value is -3.21. The summed E-state index contributed by atoms with van der Waals surface area (Å²) in [7, 11) is 0. The Bertz CT molecular complexity index is 943. The molecule has 0 unspecified atom stereocenters. The third kappa shape index (κ3) is 5.34. The second kappa shape index (κ2) is 9.94. The molecule has 0 radical (unpaired) electrons. The number of carbonyl (C=O) groups is 1. The first-order chi connectivity index (χ1) is 15.5. The number of amides is 1. The molecule has 172 valence electrons. The van der Waals surface area contributed by atoms with E-state index in [1.54, 1.807) is 11.1 Å². The number of pyridine rings is 1. The van der Waals surface area contributed by atoms with Crippen molar-refractivity contribution in [1.82, 2.24) is 30.1 Å². The number of ether oxygens (including phenoxy) is 1. The minimum atomic E-state index is -0.401. The highest BCUT2D eigenvalue weighted by molar-refractivity contribution is 5.67. The lowest BCUT2D eigenvalue weighted by atomic mass is 10.1. The Morgan fingerprint density at radius 2 is 2.09 bits per heavy atom. The standard InChI is InChI=1S/C21H28FN7O3/c1-15(2)31-21(30)28-9-5-18(6-10-28)32-26-16-3-7-27(8-4-16)20-19(22)11-17(12-24-20)29-14-23-13-25-29/h3,11-15,18,26H,4-10H2,1-2H3. The summed E-state index contributed by atoms with van der Waals surface area (Å²) in [4.78, 5) is 29.5. The summed E-state index contributed by atoms with van der Waals surface area (Å²) in [5, 5.41) is 3.99. The molecule has 1 N–H and O–H groups in total. The predicted molar refractivity (Wildman–Crippen MR) is 114 cm³/mol. The monoisotopic (exact) mass is 445 g/mol. The molecule has 4 rings (SSSR count). The number of carbonyl (C=O) groups excluding carboxylic acids is 1. The van der Waals surface area contributed by atoms with E-state index < -0.39 is 5.82 Å². The van der Waals surface area contributed by atoms with E-state index in [-0.39, 0.29) is 18.3 Å². The third-order valence-corrected chi connectivity index (χ3v) is 5.39. The zero-order valence-electron chi connectivity index (χ0n) is 18.3. The lowest BCUT2D eigenvalue weighted by molar-refractivity contribution is -0.0416. The summed E-state index contributed by atoms with van der Waals surface area (Å²) in [6.45, 7) is 6.05. The van der Waals surface area contributed by atoms with Crippen molar-refractivity contribution >= 4 is 11.9 Å². The van der Waals surface area contributed by atoms with Gasteiger partial charge in [-0.05, 0) is 32.8 Å². The molecule has 0 aromatic carbocycles. The van der Waals surface area contributed by atoms with Gasteiger partial charge in [-0.3, -0.25) is 10.3 Å². The molecule has 10 nitrogen and oxygen atoms in total. The molecule has 4 heterocycles. The number of anilines is 1. The van der Waals surface area contributed by atoms with Gasteiger partial charge < -0.3 is 14.5 Å². The van der Waals surface area contributed by atoms with Gasteiger partial charge in [0.15, 0.2) is 11.6 Å². The maximum atomic E-state index is 14.6. The third-order valence-electron chi connectivity index (χ3n) is 5.39. The second-order valence-corrected chi connectivity index (χ2v) is 8.10. The maximum Gasteiger partial charge on any atom is 0.410 e. The largest absolute Gasteiger partial charge is 0.447 e. The summed E-state index contributed by atoms with van der Waals surface area (Å²) in [5.74, 6) is -0.0902. The van der Waals surface area contributed by atoms with Gasteiger partial charge in [0.2, 0.25) is 0 Å². The number of rotatable bonds is 6. The minimum Gasteiger partial charge on any atom is -0.447 e. The molecule has 2 aromatic rings. The number of hydroxylamine groups is 1. The molecule has 1 saturated heterocycles.